The second kappa shape index (κ2) is 7.71. The van der Waals surface area contributed by atoms with E-state index in [0.29, 0.717) is 10.0 Å². The molecule has 28 heavy (non-hydrogen) atoms. The summed E-state index contributed by atoms with van der Waals surface area (Å²) < 4.78 is 0. The first-order chi connectivity index (χ1) is 13.6. The largest absolute Gasteiger partial charge is 0.508 e. The van der Waals surface area contributed by atoms with Crippen LogP contribution in [0.25, 0.3) is 0 Å². The van der Waals surface area contributed by atoms with Crippen molar-refractivity contribution in [1.82, 2.24) is 0 Å². The van der Waals surface area contributed by atoms with E-state index in [-0.39, 0.29) is 5.75 Å². The normalized spacial score (nSPS) is 11.4. The van der Waals surface area contributed by atoms with E-state index in [4.69, 9.17) is 23.2 Å². The van der Waals surface area contributed by atoms with Gasteiger partial charge in [0.05, 0.1) is 5.41 Å². The summed E-state index contributed by atoms with van der Waals surface area (Å²) in [6.07, 6.45) is 0. The summed E-state index contributed by atoms with van der Waals surface area (Å²) in [5, 5.41) is 11.2. The summed E-state index contributed by atoms with van der Waals surface area (Å²) in [5.41, 5.74) is 3.74. The van der Waals surface area contributed by atoms with E-state index in [2.05, 4.69) is 36.4 Å². The quantitative estimate of drug-likeness (QED) is 0.360. The predicted molar refractivity (Wildman–Crippen MR) is 116 cm³/mol. The molecule has 3 heteroatoms. The van der Waals surface area contributed by atoms with Crippen LogP contribution in [0, 0.1) is 0 Å². The number of hydrogen-bond acceptors (Lipinski definition) is 1. The van der Waals surface area contributed by atoms with Crippen molar-refractivity contribution in [2.24, 2.45) is 0 Å². The van der Waals surface area contributed by atoms with Gasteiger partial charge in [0.2, 0.25) is 0 Å². The van der Waals surface area contributed by atoms with Crippen molar-refractivity contribution in [3.63, 3.8) is 0 Å². The third-order valence-electron chi connectivity index (χ3n) is 5.06. The molecule has 0 aliphatic heterocycles. The molecule has 0 saturated heterocycles. The average molecular weight is 405 g/mol. The Morgan fingerprint density at radius 2 is 0.821 bits per heavy atom. The highest BCUT2D eigenvalue weighted by Gasteiger charge is 2.38. The Bertz CT molecular complexity index is 943. The van der Waals surface area contributed by atoms with Crippen LogP contribution in [-0.4, -0.2) is 5.11 Å². The second-order valence-electron chi connectivity index (χ2n) is 6.68. The van der Waals surface area contributed by atoms with Crippen LogP contribution in [-0.2, 0) is 5.41 Å². The van der Waals surface area contributed by atoms with Crippen LogP contribution in [0.15, 0.2) is 103 Å². The molecular formula is C25H18Cl2O. The van der Waals surface area contributed by atoms with E-state index in [1.165, 1.54) is 0 Å². The monoisotopic (exact) mass is 404 g/mol. The number of halogens is 2. The Kier molecular flexibility index (Phi) is 5.13. The summed E-state index contributed by atoms with van der Waals surface area (Å²) in [6, 6.07) is 33.5. The van der Waals surface area contributed by atoms with Gasteiger partial charge in [-0.15, -0.1) is 0 Å². The molecule has 4 aromatic carbocycles. The number of aromatic hydroxyl groups is 1. The number of hydrogen-bond donors (Lipinski definition) is 1. The molecule has 0 amide bonds. The number of phenols is 1. The molecule has 4 rings (SSSR count). The van der Waals surface area contributed by atoms with E-state index in [1.807, 2.05) is 54.6 Å². The molecule has 1 N–H and O–H groups in total. The zero-order valence-corrected chi connectivity index (χ0v) is 16.5. The first kappa shape index (κ1) is 18.6. The molecule has 0 spiro atoms. The van der Waals surface area contributed by atoms with Gasteiger partial charge in [-0.1, -0.05) is 89.9 Å². The van der Waals surface area contributed by atoms with Crippen LogP contribution in [0.4, 0.5) is 0 Å². The molecule has 0 aliphatic rings. The summed E-state index contributed by atoms with van der Waals surface area (Å²) >= 11 is 12.4. The van der Waals surface area contributed by atoms with Gasteiger partial charge in [-0.25, -0.2) is 0 Å². The molecule has 0 aromatic heterocycles. The van der Waals surface area contributed by atoms with Gasteiger partial charge in [-0.2, -0.15) is 0 Å². The standard InChI is InChI=1S/C25H18Cl2O/c26-22-12-6-19(7-13-22)25(18-4-2-1-3-5-18,20-8-14-23(27)15-9-20)21-10-16-24(28)17-11-21/h1-17,28H. The molecule has 0 bridgehead atoms. The molecule has 1 nitrogen and oxygen atoms in total. The Morgan fingerprint density at radius 3 is 1.25 bits per heavy atom. The van der Waals surface area contributed by atoms with Crippen LogP contribution in [0.3, 0.4) is 0 Å². The lowest BCUT2D eigenvalue weighted by Gasteiger charge is -2.37. The van der Waals surface area contributed by atoms with Crippen molar-refractivity contribution in [3.8, 4) is 5.75 Å². The van der Waals surface area contributed by atoms with Gasteiger partial charge >= 0.3 is 0 Å². The van der Waals surface area contributed by atoms with Crippen molar-refractivity contribution in [2.45, 2.75) is 5.41 Å². The van der Waals surface area contributed by atoms with Gasteiger partial charge < -0.3 is 5.11 Å². The van der Waals surface area contributed by atoms with Gasteiger partial charge in [-0.3, -0.25) is 0 Å². The van der Waals surface area contributed by atoms with E-state index in [1.54, 1.807) is 12.1 Å². The fourth-order valence-electron chi connectivity index (χ4n) is 3.80. The Morgan fingerprint density at radius 1 is 0.464 bits per heavy atom. The summed E-state index contributed by atoms with van der Waals surface area (Å²) in [4.78, 5) is 0. The maximum absolute atomic E-state index is 9.87. The maximum atomic E-state index is 9.87. The first-order valence-corrected chi connectivity index (χ1v) is 9.73. The molecule has 138 valence electrons. The minimum absolute atomic E-state index is 0.234. The summed E-state index contributed by atoms with van der Waals surface area (Å²) in [7, 11) is 0. The fourth-order valence-corrected chi connectivity index (χ4v) is 4.05. The highest BCUT2D eigenvalue weighted by Crippen LogP contribution is 2.45. The number of benzene rings is 4. The van der Waals surface area contributed by atoms with Crippen LogP contribution >= 0.6 is 23.2 Å². The van der Waals surface area contributed by atoms with Crippen LogP contribution < -0.4 is 0 Å². The van der Waals surface area contributed by atoms with Crippen LogP contribution in [0.1, 0.15) is 22.3 Å². The van der Waals surface area contributed by atoms with E-state index in [9.17, 15) is 5.11 Å². The van der Waals surface area contributed by atoms with Gasteiger partial charge in [0.1, 0.15) is 5.75 Å². The molecule has 0 saturated carbocycles. The topological polar surface area (TPSA) is 20.2 Å². The Balaban J connectivity index is 2.11. The molecular weight excluding hydrogens is 387 g/mol. The number of rotatable bonds is 4. The SMILES string of the molecule is Oc1ccc(C(c2ccccc2)(c2ccc(Cl)cc2)c2ccc(Cl)cc2)cc1. The molecule has 0 radical (unpaired) electrons. The zero-order chi connectivity index (χ0) is 19.6. The summed E-state index contributed by atoms with van der Waals surface area (Å²) in [5.74, 6) is 0.234. The van der Waals surface area contributed by atoms with E-state index in [0.717, 1.165) is 22.3 Å². The van der Waals surface area contributed by atoms with Crippen LogP contribution in [0.2, 0.25) is 10.0 Å². The highest BCUT2D eigenvalue weighted by molar-refractivity contribution is 6.30. The van der Waals surface area contributed by atoms with Crippen molar-refractivity contribution in [2.75, 3.05) is 0 Å². The third kappa shape index (κ3) is 3.28. The lowest BCUT2D eigenvalue weighted by molar-refractivity contribution is 0.475. The van der Waals surface area contributed by atoms with E-state index >= 15 is 0 Å². The Labute approximate surface area is 174 Å². The average Bonchev–Trinajstić information content (AvgIpc) is 2.73. The van der Waals surface area contributed by atoms with Gasteiger partial charge in [0.25, 0.3) is 0 Å². The summed E-state index contributed by atoms with van der Waals surface area (Å²) in [6.45, 7) is 0. The lowest BCUT2D eigenvalue weighted by Crippen LogP contribution is -2.30. The molecule has 0 aliphatic carbocycles. The van der Waals surface area contributed by atoms with Crippen molar-refractivity contribution in [3.05, 3.63) is 135 Å². The highest BCUT2D eigenvalue weighted by atomic mass is 35.5. The molecule has 0 atom stereocenters. The molecule has 4 aromatic rings. The Hall–Kier alpha value is -2.74. The maximum Gasteiger partial charge on any atom is 0.115 e. The molecule has 0 heterocycles. The third-order valence-corrected chi connectivity index (χ3v) is 5.57. The first-order valence-electron chi connectivity index (χ1n) is 8.98. The smallest absolute Gasteiger partial charge is 0.115 e. The molecule has 0 fully saturated rings. The van der Waals surface area contributed by atoms with Crippen molar-refractivity contribution in [1.29, 1.82) is 0 Å². The minimum Gasteiger partial charge on any atom is -0.508 e. The van der Waals surface area contributed by atoms with Gasteiger partial charge in [-0.05, 0) is 58.7 Å². The zero-order valence-electron chi connectivity index (χ0n) is 15.0. The lowest BCUT2D eigenvalue weighted by atomic mass is 9.65. The predicted octanol–water partition coefficient (Wildman–Crippen LogP) is 7.08. The fraction of sp³-hybridized carbons (Fsp3) is 0.0400. The minimum atomic E-state index is -0.579. The van der Waals surface area contributed by atoms with Gasteiger partial charge in [0.15, 0.2) is 0 Å². The number of phenolic OH excluding ortho intramolecular Hbond substituents is 1. The van der Waals surface area contributed by atoms with Crippen molar-refractivity contribution < 1.29 is 5.11 Å². The molecule has 0 unspecified atom stereocenters. The van der Waals surface area contributed by atoms with E-state index < -0.39 is 5.41 Å². The van der Waals surface area contributed by atoms with Crippen LogP contribution in [0.5, 0.6) is 5.75 Å². The van der Waals surface area contributed by atoms with Crippen molar-refractivity contribution >= 4 is 23.2 Å². The second-order valence-corrected chi connectivity index (χ2v) is 7.55. The van der Waals surface area contributed by atoms with Gasteiger partial charge in [0, 0.05) is 10.0 Å².